The molecule has 2 rings (SSSR count). The van der Waals surface area contributed by atoms with Crippen LogP contribution in [0.2, 0.25) is 0 Å². The van der Waals surface area contributed by atoms with Crippen molar-refractivity contribution in [2.45, 2.75) is 0 Å². The van der Waals surface area contributed by atoms with Crippen molar-refractivity contribution in [3.8, 4) is 0 Å². The molecule has 1 aromatic rings. The Bertz CT molecular complexity index is 337. The summed E-state index contributed by atoms with van der Waals surface area (Å²) in [5.74, 6) is -1.31. The minimum absolute atomic E-state index is 0.130. The number of amides is 2. The molecule has 1 aromatic carbocycles. The first-order chi connectivity index (χ1) is 5.72. The van der Waals surface area contributed by atoms with Gasteiger partial charge < -0.3 is 0 Å². The number of carbonyl (C=O) groups is 2. The van der Waals surface area contributed by atoms with Gasteiger partial charge in [-0.15, -0.1) is 5.06 Å². The fourth-order valence-electron chi connectivity index (χ4n) is 1.18. The van der Waals surface area contributed by atoms with E-state index in [0.29, 0.717) is 0 Å². The summed E-state index contributed by atoms with van der Waals surface area (Å²) in [5.41, 5.74) is 0.509. The molecule has 1 N–H and O–H groups in total. The van der Waals surface area contributed by atoms with Gasteiger partial charge in [-0.05, 0) is 12.1 Å². The van der Waals surface area contributed by atoms with Gasteiger partial charge in [0.2, 0.25) is 0 Å². The van der Waals surface area contributed by atoms with E-state index >= 15 is 0 Å². The van der Waals surface area contributed by atoms with Crippen molar-refractivity contribution in [1.82, 2.24) is 5.06 Å². The molecule has 1 heterocycles. The van der Waals surface area contributed by atoms with Gasteiger partial charge in [-0.3, -0.25) is 14.8 Å². The highest BCUT2D eigenvalue weighted by Crippen LogP contribution is 2.19. The summed E-state index contributed by atoms with van der Waals surface area (Å²) in [6, 6.07) is 6.30. The molecule has 0 bridgehead atoms. The molecule has 0 radical (unpaired) electrons. The molecular weight excluding hydrogens is 161 g/mol. The number of imide groups is 1. The van der Waals surface area contributed by atoms with Crippen LogP contribution in [0, 0.1) is 0 Å². The third kappa shape index (κ3) is 0.695. The second-order valence-electron chi connectivity index (χ2n) is 2.47. The third-order valence-electron chi connectivity index (χ3n) is 1.77. The average Bonchev–Trinajstić information content (AvgIpc) is 2.33. The summed E-state index contributed by atoms with van der Waals surface area (Å²) in [5, 5.41) is 9.05. The normalized spacial score (nSPS) is 15.2. The molecule has 0 atom stereocenters. The Morgan fingerprint density at radius 2 is 1.42 bits per heavy atom. The van der Waals surface area contributed by atoms with Crippen LogP contribution in [0.5, 0.6) is 0 Å². The van der Waals surface area contributed by atoms with Gasteiger partial charge in [-0.25, -0.2) is 0 Å². The second kappa shape index (κ2) is 2.15. The van der Waals surface area contributed by atoms with Gasteiger partial charge in [0.25, 0.3) is 11.8 Å². The molecule has 4 nitrogen and oxygen atoms in total. The van der Waals surface area contributed by atoms with Crippen LogP contribution in [0.1, 0.15) is 20.7 Å². The van der Waals surface area contributed by atoms with Crippen molar-refractivity contribution in [3.63, 3.8) is 0 Å². The van der Waals surface area contributed by atoms with Crippen LogP contribution in [0.4, 0.5) is 0 Å². The molecule has 1 aliphatic heterocycles. The lowest BCUT2D eigenvalue weighted by molar-refractivity contribution is -0.0327. The van der Waals surface area contributed by atoms with Crippen LogP contribution in [-0.2, 0) is 0 Å². The summed E-state index contributed by atoms with van der Waals surface area (Å²) in [6.07, 6.45) is 0. The number of hydroxylamine groups is 2. The van der Waals surface area contributed by atoms with Crippen molar-refractivity contribution in [2.24, 2.45) is 0 Å². The van der Waals surface area contributed by atoms with Gasteiger partial charge in [-0.2, -0.15) is 0 Å². The number of hydrogen-bond acceptors (Lipinski definition) is 3. The molecule has 0 unspecified atom stereocenters. The fourth-order valence-corrected chi connectivity index (χ4v) is 1.18. The first-order valence-corrected chi connectivity index (χ1v) is 3.38. The van der Waals surface area contributed by atoms with E-state index in [1.54, 1.807) is 12.1 Å². The van der Waals surface area contributed by atoms with Gasteiger partial charge >= 0.3 is 0 Å². The zero-order valence-electron chi connectivity index (χ0n) is 6.02. The van der Waals surface area contributed by atoms with Crippen LogP contribution in [0.15, 0.2) is 24.3 Å². The van der Waals surface area contributed by atoms with E-state index in [-0.39, 0.29) is 16.2 Å². The molecule has 0 aromatic heterocycles. The Labute approximate surface area is 68.0 Å². The Hall–Kier alpha value is -1.68. The predicted molar refractivity (Wildman–Crippen MR) is 38.7 cm³/mol. The zero-order chi connectivity index (χ0) is 8.72. The first kappa shape index (κ1) is 7.00. The largest absolute Gasteiger partial charge is 0.285 e. The van der Waals surface area contributed by atoms with E-state index in [1.807, 2.05) is 0 Å². The molecule has 12 heavy (non-hydrogen) atoms. The van der Waals surface area contributed by atoms with E-state index in [2.05, 4.69) is 0 Å². The van der Waals surface area contributed by atoms with Gasteiger partial charge in [0, 0.05) is 0 Å². The average molecular weight is 166 g/mol. The van der Waals surface area contributed by atoms with E-state index < -0.39 is 11.8 Å². The van der Waals surface area contributed by atoms with E-state index in [9.17, 15) is 9.59 Å². The maximum absolute atomic E-state index is 11.1. The highest BCUT2D eigenvalue weighted by Gasteiger charge is 2.33. The minimum Gasteiger partial charge on any atom is -0.278 e. The lowest BCUT2D eigenvalue weighted by Crippen LogP contribution is -2.25. The van der Waals surface area contributed by atoms with E-state index in [4.69, 9.17) is 5.21 Å². The molecule has 60 valence electrons. The van der Waals surface area contributed by atoms with Crippen molar-refractivity contribution in [1.29, 1.82) is 0 Å². The molecular formula is C8H5NO3. The molecule has 0 fully saturated rings. The topological polar surface area (TPSA) is 57.6 Å². The molecule has 0 saturated carbocycles. The standard InChI is InChI=1S/C8H5NO3/c10-7-5-3-1-2-4-6(5)8(11)9(7)12/h1-4,12H/i5+1,6+1,7+1. The first-order valence-electron chi connectivity index (χ1n) is 3.38. The summed E-state index contributed by atoms with van der Waals surface area (Å²) < 4.78 is 0. The van der Waals surface area contributed by atoms with Gasteiger partial charge in [-0.1, -0.05) is 12.1 Å². The van der Waals surface area contributed by atoms with Crippen molar-refractivity contribution < 1.29 is 14.8 Å². The van der Waals surface area contributed by atoms with Crippen LogP contribution < -0.4 is 0 Å². The molecule has 0 saturated heterocycles. The Morgan fingerprint density at radius 1 is 1.00 bits per heavy atom. The van der Waals surface area contributed by atoms with Crippen molar-refractivity contribution in [2.75, 3.05) is 0 Å². The molecule has 2 amide bonds. The van der Waals surface area contributed by atoms with E-state index in [0.717, 1.165) is 0 Å². The Morgan fingerprint density at radius 3 is 1.83 bits per heavy atom. The van der Waals surface area contributed by atoms with Crippen LogP contribution in [-0.4, -0.2) is 22.1 Å². The Balaban J connectivity index is 2.67. The summed E-state index contributed by atoms with van der Waals surface area (Å²) >= 11 is 0. The zero-order valence-corrected chi connectivity index (χ0v) is 6.02. The highest BCUT2D eigenvalue weighted by molar-refractivity contribution is 6.20. The SMILES string of the molecule is O=C1[13c]2cccc[13c]2[13C](=O)N1O. The van der Waals surface area contributed by atoms with Crippen LogP contribution in [0.3, 0.4) is 0 Å². The van der Waals surface area contributed by atoms with Crippen LogP contribution in [0.25, 0.3) is 0 Å². The van der Waals surface area contributed by atoms with Gasteiger partial charge in [0.05, 0.1) is 11.1 Å². The molecule has 1 aliphatic rings. The summed E-state index contributed by atoms with van der Waals surface area (Å²) in [7, 11) is 0. The van der Waals surface area contributed by atoms with Gasteiger partial charge in [0.1, 0.15) is 0 Å². The number of benzene rings is 1. The monoisotopic (exact) mass is 166 g/mol. The quantitative estimate of drug-likeness (QED) is 0.350. The number of rotatable bonds is 0. The smallest absolute Gasteiger partial charge is 0.278 e. The lowest BCUT2D eigenvalue weighted by Gasteiger charge is -1.99. The van der Waals surface area contributed by atoms with Crippen LogP contribution >= 0.6 is 0 Å². The van der Waals surface area contributed by atoms with E-state index in [1.165, 1.54) is 12.1 Å². The Kier molecular flexibility index (Phi) is 1.25. The third-order valence-corrected chi connectivity index (χ3v) is 1.77. The predicted octanol–water partition coefficient (Wildman–Crippen LogP) is 0.672. The minimum atomic E-state index is -0.657. The summed E-state index contributed by atoms with van der Waals surface area (Å²) in [6.45, 7) is 0. The fraction of sp³-hybridized carbons (Fsp3) is 0. The number of nitrogens with zero attached hydrogens (tertiary/aromatic N) is 1. The maximum Gasteiger partial charge on any atom is 0.285 e. The molecule has 0 spiro atoms. The summed E-state index contributed by atoms with van der Waals surface area (Å²) in [4.78, 5) is 22.1. The van der Waals surface area contributed by atoms with Crippen molar-refractivity contribution >= 4 is 11.8 Å². The number of hydrogen-bond donors (Lipinski definition) is 1. The van der Waals surface area contributed by atoms with Crippen molar-refractivity contribution in [3.05, 3.63) is 35.4 Å². The molecule has 0 aliphatic carbocycles. The molecule has 4 heteroatoms. The number of carbonyl (C=O) groups excluding carboxylic acids is 2. The van der Waals surface area contributed by atoms with Gasteiger partial charge in [0.15, 0.2) is 0 Å². The maximum atomic E-state index is 11.1. The highest BCUT2D eigenvalue weighted by atomic mass is 16.6. The second-order valence-corrected chi connectivity index (χ2v) is 2.47. The lowest BCUT2D eigenvalue weighted by atomic mass is 10.5. The number of fused-ring (bicyclic) bond motifs is 1.